The standard InChI is InChI=1S/C15H28N6S/c1-6-9-17-14(16-4)18-10-7-8-13-19-20-15(22-5)21(13)11-12(2)3/h6,12H,1,7-11H2,2-5H3,(H2,16,17,18). The van der Waals surface area contributed by atoms with Crippen molar-refractivity contribution in [2.24, 2.45) is 10.9 Å². The van der Waals surface area contributed by atoms with Crippen molar-refractivity contribution in [1.82, 2.24) is 25.4 Å². The van der Waals surface area contributed by atoms with E-state index in [1.807, 2.05) is 12.3 Å². The molecule has 0 aromatic carbocycles. The molecule has 1 heterocycles. The Bertz CT molecular complexity index is 480. The van der Waals surface area contributed by atoms with Crippen LogP contribution in [0.1, 0.15) is 26.1 Å². The lowest BCUT2D eigenvalue weighted by Crippen LogP contribution is -2.37. The summed E-state index contributed by atoms with van der Waals surface area (Å²) in [4.78, 5) is 4.15. The Balaban J connectivity index is 2.47. The molecular weight excluding hydrogens is 296 g/mol. The highest BCUT2D eigenvalue weighted by molar-refractivity contribution is 7.98. The highest BCUT2D eigenvalue weighted by Crippen LogP contribution is 2.16. The van der Waals surface area contributed by atoms with E-state index in [9.17, 15) is 0 Å². The van der Waals surface area contributed by atoms with Crippen LogP contribution in [0.5, 0.6) is 0 Å². The molecule has 0 bridgehead atoms. The minimum Gasteiger partial charge on any atom is -0.356 e. The molecule has 0 amide bonds. The first kappa shape index (κ1) is 18.5. The van der Waals surface area contributed by atoms with Crippen molar-refractivity contribution in [3.8, 4) is 0 Å². The number of guanidine groups is 1. The summed E-state index contributed by atoms with van der Waals surface area (Å²) in [6.07, 6.45) is 5.75. The second-order valence-corrected chi connectivity index (χ2v) is 6.15. The van der Waals surface area contributed by atoms with E-state index in [0.717, 1.165) is 42.9 Å². The smallest absolute Gasteiger partial charge is 0.191 e. The van der Waals surface area contributed by atoms with Gasteiger partial charge in [0.15, 0.2) is 11.1 Å². The molecule has 22 heavy (non-hydrogen) atoms. The van der Waals surface area contributed by atoms with Crippen LogP contribution in [0.3, 0.4) is 0 Å². The van der Waals surface area contributed by atoms with Gasteiger partial charge in [0.05, 0.1) is 0 Å². The summed E-state index contributed by atoms with van der Waals surface area (Å²) in [6, 6.07) is 0. The van der Waals surface area contributed by atoms with E-state index in [-0.39, 0.29) is 0 Å². The van der Waals surface area contributed by atoms with Crippen LogP contribution in [0.4, 0.5) is 0 Å². The number of thioether (sulfide) groups is 1. The Hall–Kier alpha value is -1.50. The van der Waals surface area contributed by atoms with Crippen LogP contribution in [0, 0.1) is 5.92 Å². The third-order valence-corrected chi connectivity index (χ3v) is 3.70. The van der Waals surface area contributed by atoms with Crippen LogP contribution in [0.25, 0.3) is 0 Å². The van der Waals surface area contributed by atoms with E-state index in [1.54, 1.807) is 18.8 Å². The molecule has 2 N–H and O–H groups in total. The van der Waals surface area contributed by atoms with Crippen molar-refractivity contribution in [3.05, 3.63) is 18.5 Å². The number of hydrogen-bond donors (Lipinski definition) is 2. The van der Waals surface area contributed by atoms with Gasteiger partial charge in [-0.15, -0.1) is 16.8 Å². The summed E-state index contributed by atoms with van der Waals surface area (Å²) in [7, 11) is 1.77. The largest absolute Gasteiger partial charge is 0.356 e. The first-order chi connectivity index (χ1) is 10.6. The molecule has 0 fully saturated rings. The van der Waals surface area contributed by atoms with Crippen molar-refractivity contribution >= 4 is 17.7 Å². The number of nitrogens with zero attached hydrogens (tertiary/aromatic N) is 4. The monoisotopic (exact) mass is 324 g/mol. The second kappa shape index (κ2) is 10.3. The van der Waals surface area contributed by atoms with E-state index in [4.69, 9.17) is 0 Å². The van der Waals surface area contributed by atoms with Gasteiger partial charge in [-0.05, 0) is 18.6 Å². The van der Waals surface area contributed by atoms with E-state index in [1.165, 1.54) is 0 Å². The number of nitrogens with one attached hydrogen (secondary N) is 2. The van der Waals surface area contributed by atoms with Gasteiger partial charge in [0.25, 0.3) is 0 Å². The van der Waals surface area contributed by atoms with Crippen LogP contribution in [-0.4, -0.2) is 47.1 Å². The van der Waals surface area contributed by atoms with Crippen LogP contribution >= 0.6 is 11.8 Å². The average Bonchev–Trinajstić information content (AvgIpc) is 2.88. The van der Waals surface area contributed by atoms with Crippen LogP contribution in [-0.2, 0) is 13.0 Å². The molecule has 7 heteroatoms. The van der Waals surface area contributed by atoms with Crippen molar-refractivity contribution in [2.75, 3.05) is 26.4 Å². The van der Waals surface area contributed by atoms with Gasteiger partial charge in [0.2, 0.25) is 0 Å². The van der Waals surface area contributed by atoms with Crippen LogP contribution in [0.2, 0.25) is 0 Å². The SMILES string of the molecule is C=CCNC(=NC)NCCCc1nnc(SC)n1CC(C)C. The van der Waals surface area contributed by atoms with Crippen molar-refractivity contribution in [1.29, 1.82) is 0 Å². The molecule has 1 aromatic heterocycles. The quantitative estimate of drug-likeness (QED) is 0.239. The maximum atomic E-state index is 4.33. The number of aromatic nitrogens is 3. The third-order valence-electron chi connectivity index (χ3n) is 3.03. The summed E-state index contributed by atoms with van der Waals surface area (Å²) in [5.41, 5.74) is 0. The summed E-state index contributed by atoms with van der Waals surface area (Å²) >= 11 is 1.65. The second-order valence-electron chi connectivity index (χ2n) is 5.38. The number of aliphatic imine (C=N–C) groups is 1. The molecule has 124 valence electrons. The fourth-order valence-electron chi connectivity index (χ4n) is 2.05. The first-order valence-electron chi connectivity index (χ1n) is 7.63. The lowest BCUT2D eigenvalue weighted by Gasteiger charge is -2.12. The molecule has 0 aliphatic carbocycles. The zero-order valence-electron chi connectivity index (χ0n) is 14.1. The average molecular weight is 324 g/mol. The zero-order chi connectivity index (χ0) is 16.4. The lowest BCUT2D eigenvalue weighted by atomic mass is 10.2. The Kier molecular flexibility index (Phi) is 8.65. The van der Waals surface area contributed by atoms with Gasteiger partial charge in [-0.25, -0.2) is 0 Å². The van der Waals surface area contributed by atoms with Crippen molar-refractivity contribution < 1.29 is 0 Å². The minimum atomic E-state index is 0.584. The maximum absolute atomic E-state index is 4.33. The number of aryl methyl sites for hydroxylation is 1. The van der Waals surface area contributed by atoms with E-state index < -0.39 is 0 Å². The molecule has 0 atom stereocenters. The Morgan fingerprint density at radius 3 is 2.77 bits per heavy atom. The molecule has 0 radical (unpaired) electrons. The normalized spacial score (nSPS) is 11.8. The Labute approximate surface area is 137 Å². The highest BCUT2D eigenvalue weighted by atomic mass is 32.2. The van der Waals surface area contributed by atoms with Gasteiger partial charge in [0.1, 0.15) is 5.82 Å². The van der Waals surface area contributed by atoms with Crippen LogP contribution in [0.15, 0.2) is 22.8 Å². The van der Waals surface area contributed by atoms with E-state index in [0.29, 0.717) is 12.5 Å². The summed E-state index contributed by atoms with van der Waals surface area (Å²) < 4.78 is 2.24. The van der Waals surface area contributed by atoms with E-state index in [2.05, 4.69) is 50.8 Å². The van der Waals surface area contributed by atoms with Crippen molar-refractivity contribution in [2.45, 2.75) is 38.4 Å². The highest BCUT2D eigenvalue weighted by Gasteiger charge is 2.12. The number of rotatable bonds is 9. The van der Waals surface area contributed by atoms with Gasteiger partial charge in [-0.1, -0.05) is 31.7 Å². The molecule has 0 spiro atoms. The summed E-state index contributed by atoms with van der Waals surface area (Å²) in [6.45, 7) is 10.6. The summed E-state index contributed by atoms with van der Waals surface area (Å²) in [5, 5.41) is 16.0. The topological polar surface area (TPSA) is 67.1 Å². The van der Waals surface area contributed by atoms with Crippen LogP contribution < -0.4 is 10.6 Å². The molecule has 1 aromatic rings. The first-order valence-corrected chi connectivity index (χ1v) is 8.86. The fourth-order valence-corrected chi connectivity index (χ4v) is 2.57. The predicted octanol–water partition coefficient (Wildman–Crippen LogP) is 1.94. The third kappa shape index (κ3) is 6.09. The summed E-state index contributed by atoms with van der Waals surface area (Å²) in [5.74, 6) is 2.45. The van der Waals surface area contributed by atoms with Gasteiger partial charge < -0.3 is 15.2 Å². The minimum absolute atomic E-state index is 0.584. The maximum Gasteiger partial charge on any atom is 0.191 e. The zero-order valence-corrected chi connectivity index (χ0v) is 14.9. The predicted molar refractivity (Wildman–Crippen MR) is 94.5 cm³/mol. The lowest BCUT2D eigenvalue weighted by molar-refractivity contribution is 0.477. The molecule has 0 saturated heterocycles. The molecular formula is C15H28N6S. The molecule has 0 saturated carbocycles. The molecule has 6 nitrogen and oxygen atoms in total. The molecule has 0 unspecified atom stereocenters. The molecule has 1 rings (SSSR count). The van der Waals surface area contributed by atoms with Gasteiger partial charge in [-0.3, -0.25) is 4.99 Å². The van der Waals surface area contributed by atoms with E-state index >= 15 is 0 Å². The van der Waals surface area contributed by atoms with Gasteiger partial charge in [0, 0.05) is 33.1 Å². The van der Waals surface area contributed by atoms with Gasteiger partial charge in [-0.2, -0.15) is 0 Å². The Morgan fingerprint density at radius 2 is 2.18 bits per heavy atom. The fraction of sp³-hybridized carbons (Fsp3) is 0.667. The molecule has 0 aliphatic heterocycles. The number of hydrogen-bond acceptors (Lipinski definition) is 4. The molecule has 0 aliphatic rings. The Morgan fingerprint density at radius 1 is 1.41 bits per heavy atom. The van der Waals surface area contributed by atoms with Gasteiger partial charge >= 0.3 is 0 Å². The van der Waals surface area contributed by atoms with Crippen molar-refractivity contribution in [3.63, 3.8) is 0 Å².